The van der Waals surface area contributed by atoms with Gasteiger partial charge in [-0.15, -0.1) is 0 Å². The molecule has 1 aromatic rings. The van der Waals surface area contributed by atoms with Gasteiger partial charge in [0.2, 0.25) is 0 Å². The van der Waals surface area contributed by atoms with Crippen molar-refractivity contribution in [3.63, 3.8) is 0 Å². The van der Waals surface area contributed by atoms with Gasteiger partial charge in [-0.3, -0.25) is 0 Å². The molecule has 84 valence electrons. The van der Waals surface area contributed by atoms with Crippen molar-refractivity contribution < 1.29 is 0 Å². The molecule has 0 radical (unpaired) electrons. The van der Waals surface area contributed by atoms with E-state index in [1.54, 1.807) is 0 Å². The molecule has 1 aromatic heterocycles. The van der Waals surface area contributed by atoms with Crippen molar-refractivity contribution in [2.75, 3.05) is 23.8 Å². The predicted octanol–water partition coefficient (Wildman–Crippen LogP) is 2.75. The summed E-state index contributed by atoms with van der Waals surface area (Å²) in [7, 11) is 1.89. The van der Waals surface area contributed by atoms with Crippen LogP contribution in [0.3, 0.4) is 0 Å². The van der Waals surface area contributed by atoms with E-state index >= 15 is 0 Å². The number of rotatable bonds is 5. The van der Waals surface area contributed by atoms with Crippen molar-refractivity contribution in [1.29, 1.82) is 0 Å². The molecule has 1 unspecified atom stereocenters. The van der Waals surface area contributed by atoms with Crippen molar-refractivity contribution in [2.45, 2.75) is 33.2 Å². The smallest absolute Gasteiger partial charge is 0.131 e. The molecule has 0 bridgehead atoms. The summed E-state index contributed by atoms with van der Waals surface area (Å²) in [6.07, 6.45) is 1.14. The van der Waals surface area contributed by atoms with Crippen LogP contribution in [0.4, 0.5) is 11.6 Å². The topological polar surface area (TPSA) is 28.2 Å². The minimum Gasteiger partial charge on any atom is -0.373 e. The molecule has 1 rings (SSSR count). The van der Waals surface area contributed by atoms with Gasteiger partial charge in [0, 0.05) is 19.6 Å². The Kier molecular flexibility index (Phi) is 4.40. The Bertz CT molecular complexity index is 299. The van der Waals surface area contributed by atoms with Crippen molar-refractivity contribution in [2.24, 2.45) is 0 Å². The van der Waals surface area contributed by atoms with E-state index in [1.165, 1.54) is 0 Å². The molecule has 3 nitrogen and oxygen atoms in total. The fraction of sp³-hybridized carbons (Fsp3) is 0.583. The van der Waals surface area contributed by atoms with Crippen LogP contribution in [0.25, 0.3) is 0 Å². The zero-order chi connectivity index (χ0) is 11.3. The van der Waals surface area contributed by atoms with Gasteiger partial charge in [-0.1, -0.05) is 13.0 Å². The van der Waals surface area contributed by atoms with Crippen molar-refractivity contribution in [3.8, 4) is 0 Å². The first kappa shape index (κ1) is 11.8. The summed E-state index contributed by atoms with van der Waals surface area (Å²) in [4.78, 5) is 6.87. The van der Waals surface area contributed by atoms with Crippen molar-refractivity contribution in [3.05, 3.63) is 18.2 Å². The number of aromatic nitrogens is 1. The van der Waals surface area contributed by atoms with Crippen LogP contribution in [0.1, 0.15) is 27.2 Å². The largest absolute Gasteiger partial charge is 0.373 e. The van der Waals surface area contributed by atoms with Crippen LogP contribution in [-0.2, 0) is 0 Å². The Labute approximate surface area is 92.5 Å². The Morgan fingerprint density at radius 2 is 2.13 bits per heavy atom. The number of anilines is 2. The van der Waals surface area contributed by atoms with Crippen LogP contribution in [-0.4, -0.2) is 24.6 Å². The average Bonchev–Trinajstić information content (AvgIpc) is 2.30. The van der Waals surface area contributed by atoms with Crippen molar-refractivity contribution >= 4 is 11.6 Å². The molecular weight excluding hydrogens is 186 g/mol. The lowest BCUT2D eigenvalue weighted by Gasteiger charge is -2.28. The number of nitrogens with one attached hydrogen (secondary N) is 1. The maximum Gasteiger partial charge on any atom is 0.131 e. The van der Waals surface area contributed by atoms with Gasteiger partial charge in [0.15, 0.2) is 0 Å². The third-order valence-corrected chi connectivity index (χ3v) is 2.75. The second-order valence-electron chi connectivity index (χ2n) is 3.67. The molecule has 0 fully saturated rings. The molecule has 0 spiro atoms. The van der Waals surface area contributed by atoms with E-state index in [0.717, 1.165) is 24.6 Å². The molecule has 0 saturated heterocycles. The maximum atomic E-state index is 4.55. The van der Waals surface area contributed by atoms with Gasteiger partial charge in [-0.05, 0) is 32.4 Å². The molecule has 0 aliphatic heterocycles. The van der Waals surface area contributed by atoms with E-state index in [2.05, 4.69) is 42.0 Å². The summed E-state index contributed by atoms with van der Waals surface area (Å²) >= 11 is 0. The number of hydrogen-bond donors (Lipinski definition) is 1. The number of nitrogens with zero attached hydrogens (tertiary/aromatic N) is 2. The highest BCUT2D eigenvalue weighted by Gasteiger charge is 2.11. The summed E-state index contributed by atoms with van der Waals surface area (Å²) in [6, 6.07) is 6.62. The minimum atomic E-state index is 0.537. The van der Waals surface area contributed by atoms with Crippen LogP contribution in [0.2, 0.25) is 0 Å². The molecule has 1 heterocycles. The van der Waals surface area contributed by atoms with Gasteiger partial charge in [0.05, 0.1) is 0 Å². The first-order valence-corrected chi connectivity index (χ1v) is 5.64. The highest BCUT2D eigenvalue weighted by molar-refractivity contribution is 5.47. The zero-order valence-electron chi connectivity index (χ0n) is 10.1. The van der Waals surface area contributed by atoms with Crippen LogP contribution >= 0.6 is 0 Å². The Morgan fingerprint density at radius 1 is 1.40 bits per heavy atom. The molecule has 1 atom stereocenters. The predicted molar refractivity (Wildman–Crippen MR) is 66.6 cm³/mol. The molecule has 0 amide bonds. The molecule has 1 N–H and O–H groups in total. The van der Waals surface area contributed by atoms with Crippen LogP contribution in [0.5, 0.6) is 0 Å². The van der Waals surface area contributed by atoms with E-state index in [9.17, 15) is 0 Å². The Hall–Kier alpha value is -1.25. The molecule has 0 aliphatic rings. The quantitative estimate of drug-likeness (QED) is 0.804. The van der Waals surface area contributed by atoms with E-state index in [4.69, 9.17) is 0 Å². The highest BCUT2D eigenvalue weighted by Crippen LogP contribution is 2.17. The molecule has 0 aliphatic carbocycles. The summed E-state index contributed by atoms with van der Waals surface area (Å²) < 4.78 is 0. The first-order chi connectivity index (χ1) is 7.22. The van der Waals surface area contributed by atoms with Gasteiger partial charge >= 0.3 is 0 Å². The zero-order valence-corrected chi connectivity index (χ0v) is 10.1. The lowest BCUT2D eigenvalue weighted by molar-refractivity contribution is 0.623. The Morgan fingerprint density at radius 3 is 2.67 bits per heavy atom. The van der Waals surface area contributed by atoms with Gasteiger partial charge in [-0.25, -0.2) is 4.98 Å². The monoisotopic (exact) mass is 207 g/mol. The van der Waals surface area contributed by atoms with Crippen LogP contribution in [0, 0.1) is 0 Å². The van der Waals surface area contributed by atoms with E-state index < -0.39 is 0 Å². The lowest BCUT2D eigenvalue weighted by Crippen LogP contribution is -2.33. The number of pyridine rings is 1. The third-order valence-electron chi connectivity index (χ3n) is 2.75. The van der Waals surface area contributed by atoms with E-state index in [0.29, 0.717) is 6.04 Å². The number of hydrogen-bond acceptors (Lipinski definition) is 3. The summed E-state index contributed by atoms with van der Waals surface area (Å²) in [6.45, 7) is 7.60. The van der Waals surface area contributed by atoms with Gasteiger partial charge < -0.3 is 10.2 Å². The summed E-state index contributed by atoms with van der Waals surface area (Å²) in [5, 5.41) is 3.07. The third kappa shape index (κ3) is 2.85. The minimum absolute atomic E-state index is 0.537. The SMILES string of the molecule is CCC(C)N(CC)c1cccc(NC)n1. The highest BCUT2D eigenvalue weighted by atomic mass is 15.2. The Balaban J connectivity index is 2.91. The summed E-state index contributed by atoms with van der Waals surface area (Å²) in [5.74, 6) is 1.98. The van der Waals surface area contributed by atoms with Crippen molar-refractivity contribution in [1.82, 2.24) is 4.98 Å². The van der Waals surface area contributed by atoms with E-state index in [-0.39, 0.29) is 0 Å². The first-order valence-electron chi connectivity index (χ1n) is 5.64. The maximum absolute atomic E-state index is 4.55. The van der Waals surface area contributed by atoms with Gasteiger partial charge in [0.25, 0.3) is 0 Å². The fourth-order valence-electron chi connectivity index (χ4n) is 1.64. The van der Waals surface area contributed by atoms with E-state index in [1.807, 2.05) is 19.2 Å². The molecule has 0 aromatic carbocycles. The molecule has 15 heavy (non-hydrogen) atoms. The second kappa shape index (κ2) is 5.59. The molecular formula is C12H21N3. The van der Waals surface area contributed by atoms with Gasteiger partial charge in [0.1, 0.15) is 11.6 Å². The molecule has 0 saturated carbocycles. The van der Waals surface area contributed by atoms with Gasteiger partial charge in [-0.2, -0.15) is 0 Å². The second-order valence-corrected chi connectivity index (χ2v) is 3.67. The fourth-order valence-corrected chi connectivity index (χ4v) is 1.64. The van der Waals surface area contributed by atoms with Crippen LogP contribution in [0.15, 0.2) is 18.2 Å². The standard InChI is InChI=1S/C12H21N3/c1-5-10(3)15(6-2)12-9-7-8-11(13-4)14-12/h7-10H,5-6H2,1-4H3,(H,13,14). The lowest BCUT2D eigenvalue weighted by atomic mass is 10.2. The normalized spacial score (nSPS) is 12.3. The van der Waals surface area contributed by atoms with Crippen LogP contribution < -0.4 is 10.2 Å². The average molecular weight is 207 g/mol. The molecule has 3 heteroatoms. The summed E-state index contributed by atoms with van der Waals surface area (Å²) in [5.41, 5.74) is 0.